The number of anilines is 1. The lowest BCUT2D eigenvalue weighted by atomic mass is 10.1. The summed E-state index contributed by atoms with van der Waals surface area (Å²) < 4.78 is 5.40. The Morgan fingerprint density at radius 3 is 2.86 bits per heavy atom. The lowest BCUT2D eigenvalue weighted by molar-refractivity contribution is 0.0904. The minimum absolute atomic E-state index is 0.349. The second-order valence-corrected chi connectivity index (χ2v) is 5.43. The average Bonchev–Trinajstić information content (AvgIpc) is 3.09. The molecule has 1 saturated heterocycles. The molecule has 3 N–H and O–H groups in total. The SMILES string of the molecule is CCC(=N)c1ccc(-c2ccn[nH]2)nc1NC1CCOCC1. The van der Waals surface area contributed by atoms with Crippen LogP contribution in [0.5, 0.6) is 0 Å². The highest BCUT2D eigenvalue weighted by Gasteiger charge is 2.17. The molecular formula is C16H21N5O. The van der Waals surface area contributed by atoms with Crippen LogP contribution in [0.4, 0.5) is 5.82 Å². The molecule has 2 aromatic heterocycles. The predicted molar refractivity (Wildman–Crippen MR) is 86.4 cm³/mol. The predicted octanol–water partition coefficient (Wildman–Crippen LogP) is 2.84. The number of hydrogen-bond donors (Lipinski definition) is 3. The molecule has 1 aliphatic rings. The van der Waals surface area contributed by atoms with Crippen molar-refractivity contribution in [2.24, 2.45) is 0 Å². The normalized spacial score (nSPS) is 15.7. The van der Waals surface area contributed by atoms with Crippen LogP contribution in [0.15, 0.2) is 24.4 Å². The fourth-order valence-corrected chi connectivity index (χ4v) is 2.59. The van der Waals surface area contributed by atoms with E-state index >= 15 is 0 Å². The maximum absolute atomic E-state index is 8.16. The van der Waals surface area contributed by atoms with Gasteiger partial charge in [0.2, 0.25) is 0 Å². The van der Waals surface area contributed by atoms with Gasteiger partial charge in [-0.1, -0.05) is 6.92 Å². The number of aromatic amines is 1. The number of rotatable bonds is 5. The molecule has 0 aliphatic carbocycles. The molecule has 6 heteroatoms. The lowest BCUT2D eigenvalue weighted by Crippen LogP contribution is -2.29. The van der Waals surface area contributed by atoms with Gasteiger partial charge in [-0.15, -0.1) is 0 Å². The lowest BCUT2D eigenvalue weighted by Gasteiger charge is -2.25. The molecule has 0 aromatic carbocycles. The Balaban J connectivity index is 1.91. The number of aromatic nitrogens is 3. The molecule has 0 unspecified atom stereocenters. The monoisotopic (exact) mass is 299 g/mol. The van der Waals surface area contributed by atoms with Gasteiger partial charge in [-0.2, -0.15) is 5.10 Å². The first-order chi connectivity index (χ1) is 10.8. The third kappa shape index (κ3) is 3.17. The summed E-state index contributed by atoms with van der Waals surface area (Å²) in [5.41, 5.74) is 3.18. The molecule has 0 atom stereocenters. The van der Waals surface area contributed by atoms with Crippen molar-refractivity contribution in [3.05, 3.63) is 30.0 Å². The summed E-state index contributed by atoms with van der Waals surface area (Å²) in [5, 5.41) is 18.6. The first-order valence-electron chi connectivity index (χ1n) is 7.70. The standard InChI is InChI=1S/C16H21N5O/c1-2-13(17)12-3-4-14(15-5-8-18-21-15)20-16(12)19-11-6-9-22-10-7-11/h3-5,8,11,17H,2,6-7,9-10H2,1H3,(H,18,21)(H,19,20). The molecular weight excluding hydrogens is 278 g/mol. The van der Waals surface area contributed by atoms with Gasteiger partial charge in [-0.25, -0.2) is 4.98 Å². The van der Waals surface area contributed by atoms with Gasteiger partial charge < -0.3 is 15.5 Å². The zero-order valence-electron chi connectivity index (χ0n) is 12.7. The summed E-state index contributed by atoms with van der Waals surface area (Å²) in [6, 6.07) is 6.14. The molecule has 0 spiro atoms. The molecule has 0 bridgehead atoms. The molecule has 116 valence electrons. The zero-order chi connectivity index (χ0) is 15.4. The first kappa shape index (κ1) is 14.7. The summed E-state index contributed by atoms with van der Waals surface area (Å²) in [4.78, 5) is 4.71. The van der Waals surface area contributed by atoms with E-state index in [2.05, 4.69) is 15.5 Å². The van der Waals surface area contributed by atoms with Gasteiger partial charge in [-0.05, 0) is 37.5 Å². The van der Waals surface area contributed by atoms with Gasteiger partial charge in [0, 0.05) is 36.7 Å². The molecule has 2 aromatic rings. The van der Waals surface area contributed by atoms with E-state index in [1.54, 1.807) is 6.20 Å². The molecule has 6 nitrogen and oxygen atoms in total. The van der Waals surface area contributed by atoms with Gasteiger partial charge in [0.25, 0.3) is 0 Å². The molecule has 1 fully saturated rings. The van der Waals surface area contributed by atoms with E-state index in [0.717, 1.165) is 48.8 Å². The molecule has 0 saturated carbocycles. The summed E-state index contributed by atoms with van der Waals surface area (Å²) in [7, 11) is 0. The molecule has 3 rings (SSSR count). The van der Waals surface area contributed by atoms with E-state index < -0.39 is 0 Å². The Morgan fingerprint density at radius 2 is 2.18 bits per heavy atom. The van der Waals surface area contributed by atoms with Crippen LogP contribution in [0.3, 0.4) is 0 Å². The van der Waals surface area contributed by atoms with Gasteiger partial charge in [0.05, 0.1) is 11.4 Å². The zero-order valence-corrected chi connectivity index (χ0v) is 12.7. The van der Waals surface area contributed by atoms with Crippen molar-refractivity contribution in [1.82, 2.24) is 15.2 Å². The van der Waals surface area contributed by atoms with Crippen molar-refractivity contribution in [3.63, 3.8) is 0 Å². The van der Waals surface area contributed by atoms with Crippen LogP contribution in [-0.4, -0.2) is 40.1 Å². The van der Waals surface area contributed by atoms with Crippen molar-refractivity contribution < 1.29 is 4.74 Å². The maximum atomic E-state index is 8.16. The second kappa shape index (κ2) is 6.70. The van der Waals surface area contributed by atoms with Crippen LogP contribution in [0, 0.1) is 5.41 Å². The van der Waals surface area contributed by atoms with Gasteiger partial charge >= 0.3 is 0 Å². The summed E-state index contributed by atoms with van der Waals surface area (Å²) in [5.74, 6) is 0.783. The first-order valence-corrected chi connectivity index (χ1v) is 7.70. The maximum Gasteiger partial charge on any atom is 0.136 e. The average molecular weight is 299 g/mol. The Labute approximate surface area is 129 Å². The number of hydrogen-bond acceptors (Lipinski definition) is 5. The van der Waals surface area contributed by atoms with Crippen LogP contribution >= 0.6 is 0 Å². The smallest absolute Gasteiger partial charge is 0.136 e. The van der Waals surface area contributed by atoms with Crippen LogP contribution < -0.4 is 5.32 Å². The summed E-state index contributed by atoms with van der Waals surface area (Å²) >= 11 is 0. The third-order valence-electron chi connectivity index (χ3n) is 3.91. The molecule has 1 aliphatic heterocycles. The molecule has 0 amide bonds. The highest BCUT2D eigenvalue weighted by atomic mass is 16.5. The van der Waals surface area contributed by atoms with Crippen LogP contribution in [0.1, 0.15) is 31.7 Å². The highest BCUT2D eigenvalue weighted by molar-refractivity contribution is 6.02. The number of nitrogens with one attached hydrogen (secondary N) is 3. The van der Waals surface area contributed by atoms with E-state index in [1.165, 1.54) is 0 Å². The van der Waals surface area contributed by atoms with Crippen LogP contribution in [-0.2, 0) is 4.74 Å². The number of ether oxygens (including phenoxy) is 1. The van der Waals surface area contributed by atoms with E-state index in [9.17, 15) is 0 Å². The molecule has 22 heavy (non-hydrogen) atoms. The quantitative estimate of drug-likeness (QED) is 0.741. The topological polar surface area (TPSA) is 86.7 Å². The summed E-state index contributed by atoms with van der Waals surface area (Å²) in [6.07, 6.45) is 4.34. The Kier molecular flexibility index (Phi) is 4.48. The third-order valence-corrected chi connectivity index (χ3v) is 3.91. The van der Waals surface area contributed by atoms with Gasteiger partial charge in [-0.3, -0.25) is 5.10 Å². The van der Waals surface area contributed by atoms with E-state index in [0.29, 0.717) is 18.2 Å². The largest absolute Gasteiger partial charge is 0.381 e. The number of nitrogens with zero attached hydrogens (tertiary/aromatic N) is 2. The Bertz CT molecular complexity index is 632. The van der Waals surface area contributed by atoms with Crippen LogP contribution in [0.2, 0.25) is 0 Å². The van der Waals surface area contributed by atoms with E-state index in [4.69, 9.17) is 15.1 Å². The second-order valence-electron chi connectivity index (χ2n) is 5.43. The van der Waals surface area contributed by atoms with Crippen molar-refractivity contribution in [1.29, 1.82) is 5.41 Å². The number of pyridine rings is 1. The van der Waals surface area contributed by atoms with Crippen molar-refractivity contribution in [2.75, 3.05) is 18.5 Å². The van der Waals surface area contributed by atoms with E-state index in [1.807, 2.05) is 25.1 Å². The van der Waals surface area contributed by atoms with Gasteiger partial charge in [0.1, 0.15) is 5.82 Å². The summed E-state index contributed by atoms with van der Waals surface area (Å²) in [6.45, 7) is 3.54. The molecule has 3 heterocycles. The van der Waals surface area contributed by atoms with Crippen LogP contribution in [0.25, 0.3) is 11.4 Å². The number of H-pyrrole nitrogens is 1. The fraction of sp³-hybridized carbons (Fsp3) is 0.438. The van der Waals surface area contributed by atoms with E-state index in [-0.39, 0.29) is 0 Å². The van der Waals surface area contributed by atoms with Crippen molar-refractivity contribution in [3.8, 4) is 11.4 Å². The van der Waals surface area contributed by atoms with Crippen molar-refractivity contribution >= 4 is 11.5 Å². The van der Waals surface area contributed by atoms with Crippen molar-refractivity contribution in [2.45, 2.75) is 32.2 Å². The minimum Gasteiger partial charge on any atom is -0.381 e. The molecule has 0 radical (unpaired) electrons. The Morgan fingerprint density at radius 1 is 1.36 bits per heavy atom. The highest BCUT2D eigenvalue weighted by Crippen LogP contribution is 2.23. The van der Waals surface area contributed by atoms with Gasteiger partial charge in [0.15, 0.2) is 0 Å². The Hall–Kier alpha value is -2.21. The fourth-order valence-electron chi connectivity index (χ4n) is 2.59. The minimum atomic E-state index is 0.349.